The number of halogens is 2. The van der Waals surface area contributed by atoms with E-state index in [0.717, 1.165) is 0 Å². The average molecular weight is 232 g/mol. The lowest BCUT2D eigenvalue weighted by Gasteiger charge is -2.06. The van der Waals surface area contributed by atoms with Crippen LogP contribution in [0, 0.1) is 18.6 Å². The second-order valence-corrected chi connectivity index (χ2v) is 3.81. The summed E-state index contributed by atoms with van der Waals surface area (Å²) >= 11 is 0. The van der Waals surface area contributed by atoms with Crippen LogP contribution < -0.4 is 0 Å². The Morgan fingerprint density at radius 2 is 1.82 bits per heavy atom. The fourth-order valence-corrected chi connectivity index (χ4v) is 1.64. The van der Waals surface area contributed by atoms with E-state index in [2.05, 4.69) is 0 Å². The second-order valence-electron chi connectivity index (χ2n) is 3.81. The highest BCUT2D eigenvalue weighted by atomic mass is 19.1. The maximum atomic E-state index is 13.4. The van der Waals surface area contributed by atoms with Gasteiger partial charge in [0, 0.05) is 5.56 Å². The molecule has 0 atom stereocenters. The molecule has 0 aromatic heterocycles. The van der Waals surface area contributed by atoms with Gasteiger partial charge >= 0.3 is 0 Å². The molecule has 0 aliphatic carbocycles. The lowest BCUT2D eigenvalue weighted by atomic mass is 9.99. The Morgan fingerprint density at radius 1 is 1.06 bits per heavy atom. The van der Waals surface area contributed by atoms with Crippen LogP contribution in [0.25, 0.3) is 11.1 Å². The topological polar surface area (TPSA) is 17.1 Å². The fraction of sp³-hybridized carbons (Fsp3) is 0.0714. The highest BCUT2D eigenvalue weighted by Crippen LogP contribution is 2.25. The Balaban J connectivity index is 2.62. The molecule has 0 fully saturated rings. The first-order valence-electron chi connectivity index (χ1n) is 5.13. The number of hydrogen-bond donors (Lipinski definition) is 0. The molecular formula is C14H10F2O. The van der Waals surface area contributed by atoms with Crippen molar-refractivity contribution in [2.75, 3.05) is 0 Å². The second kappa shape index (κ2) is 4.45. The van der Waals surface area contributed by atoms with Crippen LogP contribution in [0.15, 0.2) is 36.4 Å². The van der Waals surface area contributed by atoms with E-state index in [0.29, 0.717) is 28.5 Å². The van der Waals surface area contributed by atoms with Gasteiger partial charge in [0.1, 0.15) is 11.6 Å². The maximum Gasteiger partial charge on any atom is 0.150 e. The summed E-state index contributed by atoms with van der Waals surface area (Å²) in [5.74, 6) is -0.824. The van der Waals surface area contributed by atoms with Gasteiger partial charge < -0.3 is 0 Å². The van der Waals surface area contributed by atoms with Gasteiger partial charge in [-0.25, -0.2) is 8.78 Å². The number of hydrogen-bond acceptors (Lipinski definition) is 1. The Hall–Kier alpha value is -2.03. The van der Waals surface area contributed by atoms with E-state index in [9.17, 15) is 13.6 Å². The molecule has 0 unspecified atom stereocenters. The minimum Gasteiger partial charge on any atom is -0.298 e. The molecule has 0 saturated carbocycles. The minimum absolute atomic E-state index is 0.342. The number of carbonyl (C=O) groups excluding carboxylic acids is 1. The number of carbonyl (C=O) groups is 1. The van der Waals surface area contributed by atoms with Crippen LogP contribution in [0.3, 0.4) is 0 Å². The summed E-state index contributed by atoms with van der Waals surface area (Å²) in [6, 6.07) is 8.39. The third kappa shape index (κ3) is 2.23. The van der Waals surface area contributed by atoms with E-state index in [4.69, 9.17) is 0 Å². The van der Waals surface area contributed by atoms with E-state index in [1.54, 1.807) is 19.1 Å². The zero-order valence-corrected chi connectivity index (χ0v) is 9.21. The molecular weight excluding hydrogens is 222 g/mol. The highest BCUT2D eigenvalue weighted by molar-refractivity contribution is 5.87. The molecule has 0 N–H and O–H groups in total. The summed E-state index contributed by atoms with van der Waals surface area (Å²) in [6.07, 6.45) is 0.631. The summed E-state index contributed by atoms with van der Waals surface area (Å²) in [5, 5.41) is 0. The zero-order chi connectivity index (χ0) is 12.4. The van der Waals surface area contributed by atoms with E-state index in [1.165, 1.54) is 24.3 Å². The van der Waals surface area contributed by atoms with Crippen LogP contribution in [0.4, 0.5) is 8.78 Å². The summed E-state index contributed by atoms with van der Waals surface area (Å²) < 4.78 is 26.6. The Labute approximate surface area is 97.7 Å². The van der Waals surface area contributed by atoms with Gasteiger partial charge in [-0.2, -0.15) is 0 Å². The molecule has 0 heterocycles. The van der Waals surface area contributed by atoms with Crippen molar-refractivity contribution >= 4 is 6.29 Å². The first-order chi connectivity index (χ1) is 8.11. The van der Waals surface area contributed by atoms with Crippen molar-refractivity contribution in [2.45, 2.75) is 6.92 Å². The Morgan fingerprint density at radius 3 is 2.47 bits per heavy atom. The van der Waals surface area contributed by atoms with E-state index >= 15 is 0 Å². The first-order valence-corrected chi connectivity index (χ1v) is 5.13. The van der Waals surface area contributed by atoms with Crippen molar-refractivity contribution in [1.29, 1.82) is 0 Å². The van der Waals surface area contributed by atoms with Crippen molar-refractivity contribution in [2.24, 2.45) is 0 Å². The molecule has 3 heteroatoms. The predicted molar refractivity (Wildman–Crippen MR) is 61.9 cm³/mol. The highest BCUT2D eigenvalue weighted by Gasteiger charge is 2.08. The SMILES string of the molecule is Cc1ccc(-c2cc(F)ccc2C=O)cc1F. The Kier molecular flexibility index (Phi) is 3.00. The van der Waals surface area contributed by atoms with Crippen LogP contribution >= 0.6 is 0 Å². The predicted octanol–water partition coefficient (Wildman–Crippen LogP) is 3.75. The van der Waals surface area contributed by atoms with Gasteiger partial charge in [-0.05, 0) is 47.9 Å². The van der Waals surface area contributed by atoms with E-state index in [1.807, 2.05) is 0 Å². The number of benzene rings is 2. The first kappa shape index (κ1) is 11.5. The largest absolute Gasteiger partial charge is 0.298 e. The average Bonchev–Trinajstić information content (AvgIpc) is 2.32. The van der Waals surface area contributed by atoms with Crippen molar-refractivity contribution in [3.8, 4) is 11.1 Å². The molecule has 0 saturated heterocycles. The third-order valence-corrected chi connectivity index (χ3v) is 2.63. The zero-order valence-electron chi connectivity index (χ0n) is 9.21. The normalized spacial score (nSPS) is 10.3. The van der Waals surface area contributed by atoms with Gasteiger partial charge in [0.15, 0.2) is 6.29 Å². The number of aldehydes is 1. The molecule has 17 heavy (non-hydrogen) atoms. The van der Waals surface area contributed by atoms with Gasteiger partial charge in [-0.1, -0.05) is 12.1 Å². The molecule has 0 radical (unpaired) electrons. The monoisotopic (exact) mass is 232 g/mol. The molecule has 0 aliphatic rings. The summed E-state index contributed by atoms with van der Waals surface area (Å²) in [5.41, 5.74) is 1.75. The third-order valence-electron chi connectivity index (χ3n) is 2.63. The van der Waals surface area contributed by atoms with E-state index < -0.39 is 5.82 Å². The summed E-state index contributed by atoms with van der Waals surface area (Å²) in [7, 11) is 0. The maximum absolute atomic E-state index is 13.4. The lowest BCUT2D eigenvalue weighted by Crippen LogP contribution is -1.91. The van der Waals surface area contributed by atoms with Crippen LogP contribution in [0.1, 0.15) is 15.9 Å². The van der Waals surface area contributed by atoms with Crippen molar-refractivity contribution in [3.05, 3.63) is 59.2 Å². The molecule has 0 spiro atoms. The molecule has 0 amide bonds. The lowest BCUT2D eigenvalue weighted by molar-refractivity contribution is 0.112. The van der Waals surface area contributed by atoms with Gasteiger partial charge in [0.2, 0.25) is 0 Å². The molecule has 2 aromatic rings. The van der Waals surface area contributed by atoms with Crippen LogP contribution in [0.2, 0.25) is 0 Å². The number of aryl methyl sites for hydroxylation is 1. The van der Waals surface area contributed by atoms with Crippen molar-refractivity contribution < 1.29 is 13.6 Å². The van der Waals surface area contributed by atoms with Gasteiger partial charge in [-0.3, -0.25) is 4.79 Å². The smallest absolute Gasteiger partial charge is 0.150 e. The van der Waals surface area contributed by atoms with Gasteiger partial charge in [-0.15, -0.1) is 0 Å². The summed E-state index contributed by atoms with van der Waals surface area (Å²) in [6.45, 7) is 1.64. The fourth-order valence-electron chi connectivity index (χ4n) is 1.64. The molecule has 2 aromatic carbocycles. The molecule has 2 rings (SSSR count). The molecule has 0 bridgehead atoms. The summed E-state index contributed by atoms with van der Waals surface area (Å²) in [4.78, 5) is 10.8. The van der Waals surface area contributed by atoms with Gasteiger partial charge in [0.25, 0.3) is 0 Å². The quantitative estimate of drug-likeness (QED) is 0.720. The van der Waals surface area contributed by atoms with Gasteiger partial charge in [0.05, 0.1) is 0 Å². The van der Waals surface area contributed by atoms with Crippen LogP contribution in [-0.2, 0) is 0 Å². The van der Waals surface area contributed by atoms with Crippen LogP contribution in [0.5, 0.6) is 0 Å². The van der Waals surface area contributed by atoms with Crippen molar-refractivity contribution in [1.82, 2.24) is 0 Å². The minimum atomic E-state index is -0.452. The van der Waals surface area contributed by atoms with Crippen molar-refractivity contribution in [3.63, 3.8) is 0 Å². The molecule has 1 nitrogen and oxygen atoms in total. The molecule has 0 aliphatic heterocycles. The number of rotatable bonds is 2. The Bertz CT molecular complexity index is 576. The van der Waals surface area contributed by atoms with E-state index in [-0.39, 0.29) is 5.82 Å². The standard InChI is InChI=1S/C14H10F2O/c1-9-2-3-10(6-14(9)16)13-7-12(15)5-4-11(13)8-17/h2-8H,1H3. The molecule has 86 valence electrons. The van der Waals surface area contributed by atoms with Crippen LogP contribution in [-0.4, -0.2) is 6.29 Å².